The van der Waals surface area contributed by atoms with Crippen molar-refractivity contribution in [3.63, 3.8) is 0 Å². The molecule has 0 fully saturated rings. The largest absolute Gasteiger partial charge is 0.415 e. The Bertz CT molecular complexity index is 272. The summed E-state index contributed by atoms with van der Waals surface area (Å²) in [7, 11) is 0. The first-order chi connectivity index (χ1) is 5.77. The minimum absolute atomic E-state index is 0.332. The van der Waals surface area contributed by atoms with Crippen molar-refractivity contribution >= 4 is 29.4 Å². The Hall–Kier alpha value is -0.290. The van der Waals surface area contributed by atoms with Gasteiger partial charge in [-0.15, -0.1) is 0 Å². The summed E-state index contributed by atoms with van der Waals surface area (Å²) in [6.45, 7) is 0. The van der Waals surface area contributed by atoms with Crippen molar-refractivity contribution in [3.05, 3.63) is 11.1 Å². The lowest BCUT2D eigenvalue weighted by atomic mass is 10.1. The summed E-state index contributed by atoms with van der Waals surface area (Å²) < 4.78 is 49.3. The highest BCUT2D eigenvalue weighted by atomic mass is 35.5. The molecule has 1 heterocycles. The summed E-state index contributed by atoms with van der Waals surface area (Å²) >= 11 is 10.3. The molecule has 0 aromatic rings. The summed E-state index contributed by atoms with van der Waals surface area (Å²) in [4.78, 5) is -0.253. The third-order valence-electron chi connectivity index (χ3n) is 1.46. The van der Waals surface area contributed by atoms with Crippen molar-refractivity contribution in [2.75, 3.05) is 0 Å². The minimum Gasteiger partial charge on any atom is -0.253 e. The van der Waals surface area contributed by atoms with Crippen molar-refractivity contribution in [3.8, 4) is 0 Å². The van der Waals surface area contributed by atoms with Crippen LogP contribution in [0, 0.1) is 0 Å². The van der Waals surface area contributed by atoms with Crippen LogP contribution in [0.5, 0.6) is 0 Å². The lowest BCUT2D eigenvalue weighted by Crippen LogP contribution is -2.47. The van der Waals surface area contributed by atoms with Gasteiger partial charge in [0.1, 0.15) is 0 Å². The normalized spacial score (nSPS) is 34.6. The maximum atomic E-state index is 12.7. The van der Waals surface area contributed by atoms with Crippen LogP contribution in [0.1, 0.15) is 0 Å². The van der Waals surface area contributed by atoms with Gasteiger partial charge in [-0.1, -0.05) is 23.2 Å². The third kappa shape index (κ3) is 1.81. The molecule has 0 aromatic heterocycles. The average Bonchev–Trinajstić information content (AvgIpc) is 1.95. The zero-order valence-electron chi connectivity index (χ0n) is 5.95. The Labute approximate surface area is 81.0 Å². The van der Waals surface area contributed by atoms with Gasteiger partial charge in [0.25, 0.3) is 0 Å². The lowest BCUT2D eigenvalue weighted by Gasteiger charge is -2.29. The topological polar surface area (TPSA) is 12.4 Å². The predicted octanol–water partition coefficient (Wildman–Crippen LogP) is 3.03. The van der Waals surface area contributed by atoms with Gasteiger partial charge < -0.3 is 0 Å². The summed E-state index contributed by atoms with van der Waals surface area (Å²) in [5.74, 6) is 0. The van der Waals surface area contributed by atoms with Gasteiger partial charge in [0.05, 0.1) is 5.03 Å². The van der Waals surface area contributed by atoms with Crippen LogP contribution < -0.4 is 0 Å². The van der Waals surface area contributed by atoms with Crippen LogP contribution in [-0.4, -0.2) is 23.6 Å². The van der Waals surface area contributed by atoms with Gasteiger partial charge in [0.2, 0.25) is 11.2 Å². The Kier molecular flexibility index (Phi) is 2.60. The number of hydrogen-bond acceptors (Lipinski definition) is 1. The van der Waals surface area contributed by atoms with Crippen molar-refractivity contribution < 1.29 is 17.6 Å². The SMILES string of the molecule is FC1N=CC(Cl)=CC1(Cl)C(F)(F)F. The van der Waals surface area contributed by atoms with E-state index in [0.717, 1.165) is 6.21 Å². The summed E-state index contributed by atoms with van der Waals surface area (Å²) in [5.41, 5.74) is 0. The molecule has 0 bridgehead atoms. The average molecular weight is 236 g/mol. The van der Waals surface area contributed by atoms with E-state index in [-0.39, 0.29) is 5.03 Å². The van der Waals surface area contributed by atoms with Crippen LogP contribution in [-0.2, 0) is 0 Å². The van der Waals surface area contributed by atoms with Crippen LogP contribution in [0.2, 0.25) is 0 Å². The molecule has 0 saturated heterocycles. The summed E-state index contributed by atoms with van der Waals surface area (Å²) in [5, 5.41) is -0.332. The van der Waals surface area contributed by atoms with E-state index in [9.17, 15) is 17.6 Å². The van der Waals surface area contributed by atoms with Crippen molar-refractivity contribution in [2.45, 2.75) is 17.3 Å². The zero-order valence-corrected chi connectivity index (χ0v) is 7.46. The molecular weight excluding hydrogens is 233 g/mol. The highest BCUT2D eigenvalue weighted by Gasteiger charge is 2.59. The zero-order chi connectivity index (χ0) is 10.3. The molecule has 0 N–H and O–H groups in total. The third-order valence-corrected chi connectivity index (χ3v) is 2.17. The molecule has 0 amide bonds. The second-order valence-electron chi connectivity index (χ2n) is 2.41. The molecule has 0 aliphatic carbocycles. The molecule has 2 atom stereocenters. The molecular formula is C6H3Cl2F4N. The predicted molar refractivity (Wildman–Crippen MR) is 42.0 cm³/mol. The van der Waals surface area contributed by atoms with Gasteiger partial charge in [0.15, 0.2) is 0 Å². The van der Waals surface area contributed by atoms with Crippen LogP contribution in [0.25, 0.3) is 0 Å². The second kappa shape index (κ2) is 3.13. The molecule has 1 aliphatic heterocycles. The van der Waals surface area contributed by atoms with E-state index in [1.54, 1.807) is 0 Å². The van der Waals surface area contributed by atoms with Crippen molar-refractivity contribution in [2.24, 2.45) is 4.99 Å². The Morgan fingerprint density at radius 1 is 1.46 bits per heavy atom. The fourth-order valence-corrected chi connectivity index (χ4v) is 1.23. The van der Waals surface area contributed by atoms with Gasteiger partial charge in [-0.25, -0.2) is 4.39 Å². The maximum Gasteiger partial charge on any atom is 0.415 e. The first-order valence-corrected chi connectivity index (χ1v) is 3.84. The first kappa shape index (κ1) is 10.8. The summed E-state index contributed by atoms with van der Waals surface area (Å²) in [6, 6.07) is 0. The lowest BCUT2D eigenvalue weighted by molar-refractivity contribution is -0.163. The minimum atomic E-state index is -4.92. The van der Waals surface area contributed by atoms with Crippen LogP contribution in [0.4, 0.5) is 17.6 Å². The molecule has 0 saturated carbocycles. The standard InChI is InChI=1S/C6H3Cl2F4N/c7-3-1-5(8,6(10,11)12)4(9)13-2-3/h1-2,4H. The van der Waals surface area contributed by atoms with E-state index in [0.29, 0.717) is 6.08 Å². The number of aliphatic imine (C=N–C) groups is 1. The van der Waals surface area contributed by atoms with E-state index in [2.05, 4.69) is 4.99 Å². The molecule has 2 unspecified atom stereocenters. The molecule has 1 aliphatic rings. The number of allylic oxidation sites excluding steroid dienone is 1. The monoisotopic (exact) mass is 235 g/mol. The first-order valence-electron chi connectivity index (χ1n) is 3.08. The molecule has 1 rings (SSSR count). The molecule has 1 nitrogen and oxygen atoms in total. The molecule has 0 radical (unpaired) electrons. The molecule has 74 valence electrons. The number of dihydropyridines is 1. The van der Waals surface area contributed by atoms with E-state index < -0.39 is 17.3 Å². The van der Waals surface area contributed by atoms with E-state index >= 15 is 0 Å². The molecule has 7 heteroatoms. The number of rotatable bonds is 0. The fourth-order valence-electron chi connectivity index (χ4n) is 0.769. The highest BCUT2D eigenvalue weighted by molar-refractivity contribution is 6.40. The Balaban J connectivity index is 3.09. The van der Waals surface area contributed by atoms with Crippen LogP contribution in [0.3, 0.4) is 0 Å². The molecule has 0 spiro atoms. The van der Waals surface area contributed by atoms with Gasteiger partial charge in [-0.2, -0.15) is 13.2 Å². The molecule has 0 aromatic carbocycles. The summed E-state index contributed by atoms with van der Waals surface area (Å²) in [6.07, 6.45) is -6.30. The van der Waals surface area contributed by atoms with E-state index in [4.69, 9.17) is 23.2 Å². The quantitative estimate of drug-likeness (QED) is 0.348. The van der Waals surface area contributed by atoms with Gasteiger partial charge >= 0.3 is 6.18 Å². The van der Waals surface area contributed by atoms with Crippen LogP contribution >= 0.6 is 23.2 Å². The van der Waals surface area contributed by atoms with Crippen molar-refractivity contribution in [1.29, 1.82) is 0 Å². The number of alkyl halides is 5. The van der Waals surface area contributed by atoms with E-state index in [1.165, 1.54) is 0 Å². The van der Waals surface area contributed by atoms with Gasteiger partial charge in [0, 0.05) is 6.21 Å². The maximum absolute atomic E-state index is 12.7. The smallest absolute Gasteiger partial charge is 0.253 e. The highest BCUT2D eigenvalue weighted by Crippen LogP contribution is 2.44. The Morgan fingerprint density at radius 2 is 2.00 bits per heavy atom. The van der Waals surface area contributed by atoms with Gasteiger partial charge in [-0.3, -0.25) is 4.99 Å². The van der Waals surface area contributed by atoms with E-state index in [1.807, 2.05) is 0 Å². The number of hydrogen-bond donors (Lipinski definition) is 0. The van der Waals surface area contributed by atoms with Crippen molar-refractivity contribution in [1.82, 2.24) is 0 Å². The number of nitrogens with zero attached hydrogens (tertiary/aromatic N) is 1. The Morgan fingerprint density at radius 3 is 2.38 bits per heavy atom. The van der Waals surface area contributed by atoms with Crippen LogP contribution in [0.15, 0.2) is 16.1 Å². The fraction of sp³-hybridized carbons (Fsp3) is 0.500. The molecule has 13 heavy (non-hydrogen) atoms. The second-order valence-corrected chi connectivity index (χ2v) is 3.47. The van der Waals surface area contributed by atoms with Gasteiger partial charge in [-0.05, 0) is 6.08 Å². The number of halogens is 6.